The molecule has 1 aliphatic carbocycles. The summed E-state index contributed by atoms with van der Waals surface area (Å²) in [4.78, 5) is 36.8. The smallest absolute Gasteiger partial charge is 0.267 e. The number of thioether (sulfide) groups is 1. The summed E-state index contributed by atoms with van der Waals surface area (Å²) in [7, 11) is 0. The van der Waals surface area contributed by atoms with Crippen molar-refractivity contribution in [3.05, 3.63) is 44.7 Å². The lowest BCUT2D eigenvalue weighted by atomic mass is 9.91. The van der Waals surface area contributed by atoms with Gasteiger partial charge in [-0.05, 0) is 55.7 Å². The fraction of sp³-hybridized carbons (Fsp3) is 0.538. The first-order valence-electron chi connectivity index (χ1n) is 12.4. The standard InChI is InChI=1S/C26H32N4O2S2/c1-16-12-17(2)15-28(14-16)23-20(24(31)29-11-7-8-18(3)22(29)27-23)13-21-25(32)30(26(33)34-21)19-9-5-4-6-10-19/h7-8,11,13,16-17,19H,4-6,9-10,12,14-15H2,1-3H3. The molecule has 3 fully saturated rings. The third-order valence-electron chi connectivity index (χ3n) is 7.27. The lowest BCUT2D eigenvalue weighted by Crippen LogP contribution is -2.41. The van der Waals surface area contributed by atoms with Gasteiger partial charge in [0, 0.05) is 25.3 Å². The Morgan fingerprint density at radius 1 is 1.12 bits per heavy atom. The Morgan fingerprint density at radius 3 is 2.53 bits per heavy atom. The van der Waals surface area contributed by atoms with Crippen LogP contribution in [0.2, 0.25) is 0 Å². The molecule has 2 unspecified atom stereocenters. The molecular weight excluding hydrogens is 464 g/mol. The number of carbonyl (C=O) groups excluding carboxylic acids is 1. The molecule has 0 spiro atoms. The number of fused-ring (bicyclic) bond motifs is 1. The van der Waals surface area contributed by atoms with Crippen LogP contribution >= 0.6 is 24.0 Å². The number of aromatic nitrogens is 2. The van der Waals surface area contributed by atoms with E-state index in [2.05, 4.69) is 18.7 Å². The average molecular weight is 497 g/mol. The summed E-state index contributed by atoms with van der Waals surface area (Å²) in [5.74, 6) is 1.64. The molecule has 1 amide bonds. The van der Waals surface area contributed by atoms with Crippen LogP contribution in [0.25, 0.3) is 11.7 Å². The van der Waals surface area contributed by atoms with Gasteiger partial charge in [0.15, 0.2) is 0 Å². The molecule has 2 aromatic heterocycles. The van der Waals surface area contributed by atoms with E-state index in [1.165, 1.54) is 18.2 Å². The number of anilines is 1. The van der Waals surface area contributed by atoms with Crippen LogP contribution in [-0.4, -0.2) is 43.6 Å². The summed E-state index contributed by atoms with van der Waals surface area (Å²) in [6.45, 7) is 8.17. The third kappa shape index (κ3) is 4.31. The van der Waals surface area contributed by atoms with Crippen molar-refractivity contribution in [2.45, 2.75) is 65.3 Å². The molecule has 34 heavy (non-hydrogen) atoms. The lowest BCUT2D eigenvalue weighted by molar-refractivity contribution is -0.124. The van der Waals surface area contributed by atoms with Gasteiger partial charge in [-0.1, -0.05) is 63.2 Å². The monoisotopic (exact) mass is 496 g/mol. The van der Waals surface area contributed by atoms with E-state index in [1.807, 2.05) is 19.1 Å². The number of carbonyl (C=O) groups is 1. The van der Waals surface area contributed by atoms with Gasteiger partial charge in [0.1, 0.15) is 15.8 Å². The molecule has 6 nitrogen and oxygen atoms in total. The Bertz CT molecular complexity index is 1220. The summed E-state index contributed by atoms with van der Waals surface area (Å²) >= 11 is 6.94. The highest BCUT2D eigenvalue weighted by Crippen LogP contribution is 2.38. The van der Waals surface area contributed by atoms with Crippen LogP contribution < -0.4 is 10.5 Å². The Labute approximate surface area is 210 Å². The van der Waals surface area contributed by atoms with Crippen molar-refractivity contribution in [2.75, 3.05) is 18.0 Å². The Morgan fingerprint density at radius 2 is 1.82 bits per heavy atom. The number of hydrogen-bond donors (Lipinski definition) is 0. The van der Waals surface area contributed by atoms with Gasteiger partial charge in [0.25, 0.3) is 11.5 Å². The number of thiocarbonyl (C=S) groups is 1. The Balaban J connectivity index is 1.62. The molecule has 0 N–H and O–H groups in total. The maximum atomic E-state index is 13.8. The van der Waals surface area contributed by atoms with Crippen molar-refractivity contribution in [3.8, 4) is 0 Å². The van der Waals surface area contributed by atoms with Crippen LogP contribution in [0.1, 0.15) is 63.5 Å². The number of nitrogens with zero attached hydrogens (tertiary/aromatic N) is 4. The molecule has 0 bridgehead atoms. The molecule has 2 aromatic rings. The van der Waals surface area contributed by atoms with Crippen LogP contribution in [0, 0.1) is 18.8 Å². The predicted octanol–water partition coefficient (Wildman–Crippen LogP) is 5.02. The van der Waals surface area contributed by atoms with Crippen molar-refractivity contribution >= 4 is 51.7 Å². The second-order valence-electron chi connectivity index (χ2n) is 10.2. The van der Waals surface area contributed by atoms with Gasteiger partial charge in [-0.15, -0.1) is 0 Å². The normalized spacial score (nSPS) is 25.7. The summed E-state index contributed by atoms with van der Waals surface area (Å²) in [5, 5.41) is 0. The van der Waals surface area contributed by atoms with E-state index in [0.29, 0.717) is 38.1 Å². The van der Waals surface area contributed by atoms with E-state index in [9.17, 15) is 9.59 Å². The van der Waals surface area contributed by atoms with Crippen molar-refractivity contribution < 1.29 is 4.79 Å². The van der Waals surface area contributed by atoms with Crippen LogP contribution in [0.15, 0.2) is 28.0 Å². The number of hydrogen-bond acceptors (Lipinski definition) is 6. The van der Waals surface area contributed by atoms with Crippen molar-refractivity contribution in [1.82, 2.24) is 14.3 Å². The number of piperidine rings is 1. The molecule has 8 heteroatoms. The largest absolute Gasteiger partial charge is 0.355 e. The van der Waals surface area contributed by atoms with Gasteiger partial charge in [0.2, 0.25) is 0 Å². The van der Waals surface area contributed by atoms with Crippen LogP contribution in [0.4, 0.5) is 5.82 Å². The molecule has 180 valence electrons. The number of rotatable bonds is 3. The fourth-order valence-corrected chi connectivity index (χ4v) is 7.15. The molecule has 2 aliphatic heterocycles. The first kappa shape index (κ1) is 23.5. The highest BCUT2D eigenvalue weighted by molar-refractivity contribution is 8.26. The summed E-state index contributed by atoms with van der Waals surface area (Å²) in [6, 6.07) is 4.01. The van der Waals surface area contributed by atoms with Crippen molar-refractivity contribution in [2.24, 2.45) is 11.8 Å². The number of pyridine rings is 1. The van der Waals surface area contributed by atoms with Gasteiger partial charge in [-0.3, -0.25) is 18.9 Å². The molecular formula is C26H32N4O2S2. The Kier molecular flexibility index (Phi) is 6.55. The van der Waals surface area contributed by atoms with Crippen LogP contribution in [0.3, 0.4) is 0 Å². The fourth-order valence-electron chi connectivity index (χ4n) is 5.77. The summed E-state index contributed by atoms with van der Waals surface area (Å²) < 4.78 is 2.21. The minimum absolute atomic E-state index is 0.0676. The molecule has 2 atom stereocenters. The van der Waals surface area contributed by atoms with E-state index >= 15 is 0 Å². The van der Waals surface area contributed by atoms with Gasteiger partial charge >= 0.3 is 0 Å². The van der Waals surface area contributed by atoms with E-state index in [0.717, 1.165) is 50.8 Å². The molecule has 0 radical (unpaired) electrons. The van der Waals surface area contributed by atoms with Gasteiger partial charge < -0.3 is 4.90 Å². The molecule has 0 aromatic carbocycles. The Hall–Kier alpha value is -2.19. The quantitative estimate of drug-likeness (QED) is 0.439. The zero-order valence-electron chi connectivity index (χ0n) is 20.1. The molecule has 4 heterocycles. The number of amides is 1. The zero-order chi connectivity index (χ0) is 24.0. The zero-order valence-corrected chi connectivity index (χ0v) is 21.8. The minimum Gasteiger partial charge on any atom is -0.355 e. The SMILES string of the molecule is Cc1cccn2c(=O)c(C=C3SC(=S)N(C4CCCCC4)C3=O)c(N3CC(C)CC(C)C3)nc12. The third-order valence-corrected chi connectivity index (χ3v) is 8.60. The average Bonchev–Trinajstić information content (AvgIpc) is 3.08. The van der Waals surface area contributed by atoms with Crippen LogP contribution in [-0.2, 0) is 4.79 Å². The summed E-state index contributed by atoms with van der Waals surface area (Å²) in [5.41, 5.74) is 1.96. The second kappa shape index (κ2) is 9.46. The highest BCUT2D eigenvalue weighted by Gasteiger charge is 2.38. The van der Waals surface area contributed by atoms with E-state index in [-0.39, 0.29) is 17.5 Å². The minimum atomic E-state index is -0.141. The van der Waals surface area contributed by atoms with E-state index in [1.54, 1.807) is 21.6 Å². The second-order valence-corrected chi connectivity index (χ2v) is 11.9. The van der Waals surface area contributed by atoms with Gasteiger partial charge in [-0.25, -0.2) is 4.98 Å². The highest BCUT2D eigenvalue weighted by atomic mass is 32.2. The van der Waals surface area contributed by atoms with Gasteiger partial charge in [-0.2, -0.15) is 0 Å². The van der Waals surface area contributed by atoms with E-state index in [4.69, 9.17) is 17.2 Å². The van der Waals surface area contributed by atoms with E-state index < -0.39 is 0 Å². The van der Waals surface area contributed by atoms with Crippen LogP contribution in [0.5, 0.6) is 0 Å². The van der Waals surface area contributed by atoms with Crippen molar-refractivity contribution in [1.29, 1.82) is 0 Å². The maximum absolute atomic E-state index is 13.8. The van der Waals surface area contributed by atoms with Crippen molar-refractivity contribution in [3.63, 3.8) is 0 Å². The maximum Gasteiger partial charge on any atom is 0.267 e. The molecule has 3 aliphatic rings. The van der Waals surface area contributed by atoms with Gasteiger partial charge in [0.05, 0.1) is 10.5 Å². The number of aryl methyl sites for hydroxylation is 1. The predicted molar refractivity (Wildman–Crippen MR) is 143 cm³/mol. The molecule has 1 saturated carbocycles. The lowest BCUT2D eigenvalue weighted by Gasteiger charge is -2.36. The molecule has 2 saturated heterocycles. The molecule has 5 rings (SSSR count). The first-order chi connectivity index (χ1) is 16.3. The topological polar surface area (TPSA) is 57.9 Å². The summed E-state index contributed by atoms with van der Waals surface area (Å²) in [6.07, 6.45) is 10.1. The first-order valence-corrected chi connectivity index (χ1v) is 13.6.